The number of benzene rings is 1. The first-order valence-corrected chi connectivity index (χ1v) is 6.99. The number of rotatable bonds is 6. The quantitative estimate of drug-likeness (QED) is 0.885. The molecule has 6 nitrogen and oxygen atoms in total. The lowest BCUT2D eigenvalue weighted by atomic mass is 10.3. The molecule has 1 aromatic carbocycles. The number of nitrogens with zero attached hydrogens (tertiary/aromatic N) is 3. The Morgan fingerprint density at radius 3 is 2.57 bits per heavy atom. The van der Waals surface area contributed by atoms with Crippen LogP contribution in [0.3, 0.4) is 0 Å². The monoisotopic (exact) mass is 288 g/mol. The molecule has 0 aliphatic rings. The van der Waals surface area contributed by atoms with Crippen molar-refractivity contribution in [3.63, 3.8) is 0 Å². The molecule has 0 aliphatic heterocycles. The summed E-state index contributed by atoms with van der Waals surface area (Å²) < 4.78 is 7.10. The zero-order chi connectivity index (χ0) is 15.2. The van der Waals surface area contributed by atoms with Gasteiger partial charge in [0.15, 0.2) is 0 Å². The van der Waals surface area contributed by atoms with Crippen LogP contribution in [-0.4, -0.2) is 27.3 Å². The summed E-state index contributed by atoms with van der Waals surface area (Å²) in [7, 11) is 0. The second-order valence-electron chi connectivity index (χ2n) is 4.68. The van der Waals surface area contributed by atoms with Crippen LogP contribution >= 0.6 is 0 Å². The lowest BCUT2D eigenvalue weighted by molar-refractivity contribution is -0.116. The Balaban J connectivity index is 1.85. The summed E-state index contributed by atoms with van der Waals surface area (Å²) in [5.41, 5.74) is 0.759. The minimum Gasteiger partial charge on any atom is -0.494 e. The molecule has 6 heteroatoms. The Hall–Kier alpha value is -2.37. The van der Waals surface area contributed by atoms with E-state index in [4.69, 9.17) is 4.74 Å². The number of anilines is 1. The van der Waals surface area contributed by atoms with Crippen LogP contribution in [0, 0.1) is 13.8 Å². The summed E-state index contributed by atoms with van der Waals surface area (Å²) >= 11 is 0. The van der Waals surface area contributed by atoms with Crippen LogP contribution < -0.4 is 10.1 Å². The highest BCUT2D eigenvalue weighted by Crippen LogP contribution is 2.15. The Morgan fingerprint density at radius 2 is 2.00 bits per heavy atom. The van der Waals surface area contributed by atoms with E-state index in [9.17, 15) is 4.79 Å². The second-order valence-corrected chi connectivity index (χ2v) is 4.68. The first kappa shape index (κ1) is 15.0. The molecule has 112 valence electrons. The number of aromatic nitrogens is 3. The maximum Gasteiger partial charge on any atom is 0.226 e. The van der Waals surface area contributed by atoms with E-state index in [1.807, 2.05) is 45.0 Å². The van der Waals surface area contributed by atoms with Gasteiger partial charge in [0, 0.05) is 12.1 Å². The molecular formula is C15H20N4O2. The number of ether oxygens (including phenoxy) is 1. The molecule has 0 aliphatic carbocycles. The maximum absolute atomic E-state index is 11.9. The molecule has 0 atom stereocenters. The topological polar surface area (TPSA) is 69.0 Å². The van der Waals surface area contributed by atoms with E-state index in [2.05, 4.69) is 15.4 Å². The fraction of sp³-hybridized carbons (Fsp3) is 0.400. The van der Waals surface area contributed by atoms with E-state index in [1.54, 1.807) is 4.68 Å². The van der Waals surface area contributed by atoms with Gasteiger partial charge in [-0.05, 0) is 45.0 Å². The first-order valence-electron chi connectivity index (χ1n) is 6.99. The number of hydrogen-bond acceptors (Lipinski definition) is 4. The Labute approximate surface area is 124 Å². The molecule has 0 unspecified atom stereocenters. The third-order valence-electron chi connectivity index (χ3n) is 2.96. The molecule has 2 rings (SSSR count). The van der Waals surface area contributed by atoms with Gasteiger partial charge < -0.3 is 10.1 Å². The van der Waals surface area contributed by atoms with Gasteiger partial charge in [0.25, 0.3) is 0 Å². The molecule has 1 N–H and O–H groups in total. The van der Waals surface area contributed by atoms with Crippen molar-refractivity contribution in [1.29, 1.82) is 0 Å². The van der Waals surface area contributed by atoms with Crippen LogP contribution in [0.1, 0.15) is 25.0 Å². The second kappa shape index (κ2) is 6.88. The van der Waals surface area contributed by atoms with Crippen molar-refractivity contribution < 1.29 is 9.53 Å². The third kappa shape index (κ3) is 4.30. The van der Waals surface area contributed by atoms with Crippen molar-refractivity contribution >= 4 is 11.6 Å². The predicted octanol–water partition coefficient (Wildman–Crippen LogP) is 2.32. The van der Waals surface area contributed by atoms with E-state index >= 15 is 0 Å². The highest BCUT2D eigenvalue weighted by atomic mass is 16.5. The number of hydrogen-bond donors (Lipinski definition) is 1. The van der Waals surface area contributed by atoms with Crippen LogP contribution in [0.2, 0.25) is 0 Å². The average Bonchev–Trinajstić information content (AvgIpc) is 2.77. The molecular weight excluding hydrogens is 268 g/mol. The van der Waals surface area contributed by atoms with Crippen molar-refractivity contribution in [2.75, 3.05) is 11.9 Å². The van der Waals surface area contributed by atoms with Crippen molar-refractivity contribution in [1.82, 2.24) is 14.8 Å². The fourth-order valence-corrected chi connectivity index (χ4v) is 2.01. The standard InChI is InChI=1S/C15H20N4O2/c1-4-21-14-7-5-13(6-8-14)17-15(20)9-10-19-12(3)16-11(2)18-19/h5-8H,4,9-10H2,1-3H3,(H,17,20). The molecule has 21 heavy (non-hydrogen) atoms. The lowest BCUT2D eigenvalue weighted by Gasteiger charge is -2.07. The number of amides is 1. The highest BCUT2D eigenvalue weighted by Gasteiger charge is 2.06. The van der Waals surface area contributed by atoms with E-state index < -0.39 is 0 Å². The molecule has 0 saturated heterocycles. The van der Waals surface area contributed by atoms with E-state index in [0.717, 1.165) is 23.1 Å². The van der Waals surface area contributed by atoms with Crippen molar-refractivity contribution in [2.24, 2.45) is 0 Å². The van der Waals surface area contributed by atoms with Crippen LogP contribution in [0.15, 0.2) is 24.3 Å². The van der Waals surface area contributed by atoms with E-state index in [-0.39, 0.29) is 5.91 Å². The molecule has 1 amide bonds. The van der Waals surface area contributed by atoms with Gasteiger partial charge in [-0.25, -0.2) is 9.67 Å². The molecule has 2 aromatic rings. The van der Waals surface area contributed by atoms with Crippen LogP contribution in [0.25, 0.3) is 0 Å². The van der Waals surface area contributed by atoms with Crippen molar-refractivity contribution in [3.8, 4) is 5.75 Å². The molecule has 0 fully saturated rings. The summed E-state index contributed by atoms with van der Waals surface area (Å²) in [5, 5.41) is 7.08. The predicted molar refractivity (Wildman–Crippen MR) is 80.4 cm³/mol. The smallest absolute Gasteiger partial charge is 0.226 e. The summed E-state index contributed by atoms with van der Waals surface area (Å²) in [6.45, 7) is 6.80. The average molecular weight is 288 g/mol. The van der Waals surface area contributed by atoms with E-state index in [1.165, 1.54) is 0 Å². The summed E-state index contributed by atoms with van der Waals surface area (Å²) in [4.78, 5) is 16.1. The normalized spacial score (nSPS) is 10.4. The zero-order valence-electron chi connectivity index (χ0n) is 12.6. The first-order chi connectivity index (χ1) is 10.1. The number of nitrogens with one attached hydrogen (secondary N) is 1. The maximum atomic E-state index is 11.9. The Kier molecular flexibility index (Phi) is 4.92. The molecule has 1 heterocycles. The molecule has 1 aromatic heterocycles. The van der Waals surface area contributed by atoms with Crippen molar-refractivity contribution in [2.45, 2.75) is 33.7 Å². The van der Waals surface area contributed by atoms with Gasteiger partial charge in [-0.15, -0.1) is 0 Å². The SMILES string of the molecule is CCOc1ccc(NC(=O)CCn2nc(C)nc2C)cc1. The third-order valence-corrected chi connectivity index (χ3v) is 2.96. The van der Waals surface area contributed by atoms with Crippen LogP contribution in [0.5, 0.6) is 5.75 Å². The van der Waals surface area contributed by atoms with Crippen LogP contribution in [-0.2, 0) is 11.3 Å². The molecule has 0 spiro atoms. The highest BCUT2D eigenvalue weighted by molar-refractivity contribution is 5.90. The number of carbonyl (C=O) groups is 1. The Bertz CT molecular complexity index is 605. The lowest BCUT2D eigenvalue weighted by Crippen LogP contribution is -2.15. The van der Waals surface area contributed by atoms with Gasteiger partial charge in [0.05, 0.1) is 13.2 Å². The van der Waals surface area contributed by atoms with Gasteiger partial charge >= 0.3 is 0 Å². The fourth-order valence-electron chi connectivity index (χ4n) is 2.01. The van der Waals surface area contributed by atoms with Crippen LogP contribution in [0.4, 0.5) is 5.69 Å². The van der Waals surface area contributed by atoms with E-state index in [0.29, 0.717) is 19.6 Å². The van der Waals surface area contributed by atoms with Gasteiger partial charge in [0.2, 0.25) is 5.91 Å². The van der Waals surface area contributed by atoms with Crippen molar-refractivity contribution in [3.05, 3.63) is 35.9 Å². The van der Waals surface area contributed by atoms with Gasteiger partial charge in [-0.3, -0.25) is 4.79 Å². The molecule has 0 radical (unpaired) electrons. The molecule has 0 saturated carbocycles. The van der Waals surface area contributed by atoms with Gasteiger partial charge in [0.1, 0.15) is 17.4 Å². The minimum atomic E-state index is -0.0493. The minimum absolute atomic E-state index is 0.0493. The number of carbonyl (C=O) groups excluding carboxylic acids is 1. The van der Waals surface area contributed by atoms with Gasteiger partial charge in [-0.1, -0.05) is 0 Å². The number of aryl methyl sites for hydroxylation is 3. The van der Waals surface area contributed by atoms with Gasteiger partial charge in [-0.2, -0.15) is 5.10 Å². The largest absolute Gasteiger partial charge is 0.494 e. The summed E-state index contributed by atoms with van der Waals surface area (Å²) in [6, 6.07) is 7.33. The molecule has 0 bridgehead atoms. The summed E-state index contributed by atoms with van der Waals surface area (Å²) in [5.74, 6) is 2.29. The Morgan fingerprint density at radius 1 is 1.29 bits per heavy atom. The zero-order valence-corrected chi connectivity index (χ0v) is 12.6. The summed E-state index contributed by atoms with van der Waals surface area (Å²) in [6.07, 6.45) is 0.358.